The van der Waals surface area contributed by atoms with Crippen LogP contribution in [0.1, 0.15) is 44.9 Å². The van der Waals surface area contributed by atoms with Crippen LogP contribution in [0.2, 0.25) is 0 Å². The summed E-state index contributed by atoms with van der Waals surface area (Å²) in [6.07, 6.45) is 7.11. The van der Waals surface area contributed by atoms with E-state index in [2.05, 4.69) is 0 Å². The Morgan fingerprint density at radius 3 is 2.61 bits per heavy atom. The molecule has 3 aliphatic rings. The van der Waals surface area contributed by atoms with Crippen LogP contribution in [0.3, 0.4) is 0 Å². The van der Waals surface area contributed by atoms with Crippen molar-refractivity contribution < 1.29 is 17.9 Å². The van der Waals surface area contributed by atoms with Crippen LogP contribution in [0.5, 0.6) is 0 Å². The van der Waals surface area contributed by atoms with E-state index in [1.54, 1.807) is 7.11 Å². The summed E-state index contributed by atoms with van der Waals surface area (Å²) in [6, 6.07) is -0.122. The normalized spacial score (nSPS) is 34.8. The van der Waals surface area contributed by atoms with E-state index in [1.807, 2.05) is 4.90 Å². The minimum atomic E-state index is -2.97. The van der Waals surface area contributed by atoms with Crippen molar-refractivity contribution in [1.82, 2.24) is 4.90 Å². The molecular formula is C17H29NO4S. The third-order valence-corrected chi connectivity index (χ3v) is 7.79. The third-order valence-electron chi connectivity index (χ3n) is 6.04. The highest BCUT2D eigenvalue weighted by Crippen LogP contribution is 2.49. The van der Waals surface area contributed by atoms with Gasteiger partial charge in [-0.05, 0) is 49.9 Å². The van der Waals surface area contributed by atoms with E-state index in [0.29, 0.717) is 31.9 Å². The van der Waals surface area contributed by atoms with Crippen LogP contribution in [0, 0.1) is 17.8 Å². The van der Waals surface area contributed by atoms with Gasteiger partial charge in [-0.15, -0.1) is 0 Å². The summed E-state index contributed by atoms with van der Waals surface area (Å²) in [5.41, 5.74) is 0. The van der Waals surface area contributed by atoms with Gasteiger partial charge in [-0.25, -0.2) is 8.42 Å². The van der Waals surface area contributed by atoms with E-state index in [-0.39, 0.29) is 23.5 Å². The number of hydrogen-bond donors (Lipinski definition) is 0. The molecule has 1 heterocycles. The van der Waals surface area contributed by atoms with Crippen molar-refractivity contribution in [2.24, 2.45) is 17.8 Å². The van der Waals surface area contributed by atoms with Gasteiger partial charge in [0.25, 0.3) is 0 Å². The summed E-state index contributed by atoms with van der Waals surface area (Å²) in [5.74, 6) is 2.64. The zero-order valence-corrected chi connectivity index (χ0v) is 14.9. The Bertz CT molecular complexity index is 533. The summed E-state index contributed by atoms with van der Waals surface area (Å²) in [4.78, 5) is 14.7. The Morgan fingerprint density at radius 2 is 2.04 bits per heavy atom. The zero-order valence-electron chi connectivity index (χ0n) is 14.1. The second-order valence-electron chi connectivity index (χ2n) is 7.63. The number of ether oxygens (including phenoxy) is 1. The molecule has 1 saturated heterocycles. The zero-order chi connectivity index (χ0) is 16.4. The molecule has 23 heavy (non-hydrogen) atoms. The fourth-order valence-corrected chi connectivity index (χ4v) is 6.61. The second kappa shape index (κ2) is 7.09. The lowest BCUT2D eigenvalue weighted by atomic mass is 9.86. The number of rotatable bonds is 7. The van der Waals surface area contributed by atoms with Crippen LogP contribution in [0.4, 0.5) is 0 Å². The van der Waals surface area contributed by atoms with Gasteiger partial charge in [-0.3, -0.25) is 4.79 Å². The van der Waals surface area contributed by atoms with Crippen molar-refractivity contribution in [3.63, 3.8) is 0 Å². The Morgan fingerprint density at radius 1 is 1.22 bits per heavy atom. The molecule has 132 valence electrons. The minimum Gasteiger partial charge on any atom is -0.385 e. The molecule has 1 amide bonds. The fourth-order valence-electron chi connectivity index (χ4n) is 4.88. The van der Waals surface area contributed by atoms with Gasteiger partial charge in [0.1, 0.15) is 0 Å². The van der Waals surface area contributed by atoms with Crippen LogP contribution < -0.4 is 0 Å². The Labute approximate surface area is 139 Å². The highest BCUT2D eigenvalue weighted by atomic mass is 32.2. The maximum Gasteiger partial charge on any atom is 0.223 e. The van der Waals surface area contributed by atoms with Crippen molar-refractivity contribution >= 4 is 15.7 Å². The van der Waals surface area contributed by atoms with Crippen molar-refractivity contribution in [1.29, 1.82) is 0 Å². The third kappa shape index (κ3) is 4.08. The smallest absolute Gasteiger partial charge is 0.223 e. The topological polar surface area (TPSA) is 63.7 Å². The number of methoxy groups -OCH3 is 1. The molecule has 4 atom stereocenters. The lowest BCUT2D eigenvalue weighted by molar-refractivity contribution is -0.134. The van der Waals surface area contributed by atoms with E-state index in [0.717, 1.165) is 18.3 Å². The van der Waals surface area contributed by atoms with Gasteiger partial charge in [0.15, 0.2) is 9.84 Å². The molecule has 3 rings (SSSR count). The molecule has 2 aliphatic carbocycles. The van der Waals surface area contributed by atoms with Crippen LogP contribution in [0.15, 0.2) is 0 Å². The molecule has 6 heteroatoms. The SMILES string of the molecule is COCCCN(C(=O)C[C@H]1C[C@H]2CC[C@H]1C2)[C@H]1CCS(=O)(=O)C1. The number of amides is 1. The Kier molecular flexibility index (Phi) is 5.31. The van der Waals surface area contributed by atoms with Crippen molar-refractivity contribution in [2.75, 3.05) is 31.8 Å². The molecule has 0 aromatic heterocycles. The van der Waals surface area contributed by atoms with Crippen LogP contribution in [-0.4, -0.2) is 57.0 Å². The van der Waals surface area contributed by atoms with Crippen LogP contribution >= 0.6 is 0 Å². The number of fused-ring (bicyclic) bond motifs is 2. The highest BCUT2D eigenvalue weighted by molar-refractivity contribution is 7.91. The van der Waals surface area contributed by atoms with Gasteiger partial charge in [0.2, 0.25) is 5.91 Å². The molecule has 5 nitrogen and oxygen atoms in total. The monoisotopic (exact) mass is 343 g/mol. The predicted octanol–water partition coefficient (Wildman–Crippen LogP) is 1.86. The van der Waals surface area contributed by atoms with E-state index < -0.39 is 9.84 Å². The lowest BCUT2D eigenvalue weighted by Crippen LogP contribution is -2.43. The van der Waals surface area contributed by atoms with Gasteiger partial charge in [-0.1, -0.05) is 6.42 Å². The average Bonchev–Trinajstić information content (AvgIpc) is 3.19. The van der Waals surface area contributed by atoms with Crippen LogP contribution in [-0.2, 0) is 19.4 Å². The molecule has 0 radical (unpaired) electrons. The quantitative estimate of drug-likeness (QED) is 0.662. The Hall–Kier alpha value is -0.620. The maximum atomic E-state index is 12.9. The predicted molar refractivity (Wildman–Crippen MR) is 88.8 cm³/mol. The summed E-state index contributed by atoms with van der Waals surface area (Å²) in [6.45, 7) is 1.23. The summed E-state index contributed by atoms with van der Waals surface area (Å²) >= 11 is 0. The van der Waals surface area contributed by atoms with E-state index >= 15 is 0 Å². The molecule has 2 saturated carbocycles. The molecule has 2 bridgehead atoms. The molecular weight excluding hydrogens is 314 g/mol. The summed E-state index contributed by atoms with van der Waals surface area (Å²) in [7, 11) is -1.31. The average molecular weight is 343 g/mol. The van der Waals surface area contributed by atoms with Gasteiger partial charge in [0.05, 0.1) is 11.5 Å². The molecule has 0 aromatic rings. The standard InChI is InChI=1S/C17H29NO4S/c1-22-7-2-6-18(16-5-8-23(20,21)12-16)17(19)11-15-10-13-3-4-14(15)9-13/h13-16H,2-12H2,1H3/t13-,14-,15+,16-/m0/s1. The van der Waals surface area contributed by atoms with Crippen molar-refractivity contribution in [2.45, 2.75) is 51.0 Å². The largest absolute Gasteiger partial charge is 0.385 e. The second-order valence-corrected chi connectivity index (χ2v) is 9.86. The molecule has 3 fully saturated rings. The van der Waals surface area contributed by atoms with Crippen LogP contribution in [0.25, 0.3) is 0 Å². The van der Waals surface area contributed by atoms with E-state index in [1.165, 1.54) is 25.7 Å². The van der Waals surface area contributed by atoms with E-state index in [4.69, 9.17) is 4.74 Å². The van der Waals surface area contributed by atoms with Gasteiger partial charge >= 0.3 is 0 Å². The highest BCUT2D eigenvalue weighted by Gasteiger charge is 2.42. The van der Waals surface area contributed by atoms with Crippen molar-refractivity contribution in [3.8, 4) is 0 Å². The lowest BCUT2D eigenvalue weighted by Gasteiger charge is -2.31. The first-order valence-corrected chi connectivity index (χ1v) is 10.8. The summed E-state index contributed by atoms with van der Waals surface area (Å²) in [5, 5.41) is 0. The van der Waals surface area contributed by atoms with Gasteiger partial charge in [-0.2, -0.15) is 0 Å². The number of sulfone groups is 1. The number of hydrogen-bond acceptors (Lipinski definition) is 4. The molecule has 0 unspecified atom stereocenters. The number of nitrogens with zero attached hydrogens (tertiary/aromatic N) is 1. The van der Waals surface area contributed by atoms with Crippen molar-refractivity contribution in [3.05, 3.63) is 0 Å². The first-order chi connectivity index (χ1) is 11.0. The molecule has 0 N–H and O–H groups in total. The first kappa shape index (κ1) is 17.2. The molecule has 0 aromatic carbocycles. The molecule has 1 aliphatic heterocycles. The maximum absolute atomic E-state index is 12.9. The number of carbonyl (C=O) groups excluding carboxylic acids is 1. The minimum absolute atomic E-state index is 0.122. The number of carbonyl (C=O) groups is 1. The molecule has 0 spiro atoms. The van der Waals surface area contributed by atoms with E-state index in [9.17, 15) is 13.2 Å². The van der Waals surface area contributed by atoms with Gasteiger partial charge < -0.3 is 9.64 Å². The summed E-state index contributed by atoms with van der Waals surface area (Å²) < 4.78 is 28.7. The fraction of sp³-hybridized carbons (Fsp3) is 0.941. The first-order valence-electron chi connectivity index (χ1n) is 8.97. The Balaban J connectivity index is 1.61. The van der Waals surface area contributed by atoms with Gasteiger partial charge in [0, 0.05) is 32.7 Å².